The lowest BCUT2D eigenvalue weighted by atomic mass is 10.0. The first-order valence-electron chi connectivity index (χ1n) is 10.5. The minimum Gasteiger partial charge on any atom is -0.383 e. The number of carbonyl (C=O) groups is 2. The second-order valence-corrected chi connectivity index (χ2v) is 7.87. The number of halogens is 1. The van der Waals surface area contributed by atoms with Crippen molar-refractivity contribution in [3.63, 3.8) is 0 Å². The average Bonchev–Trinajstić information content (AvgIpc) is 3.11. The van der Waals surface area contributed by atoms with E-state index in [1.165, 1.54) is 30.8 Å². The number of hydrogen-bond donors (Lipinski definition) is 2. The van der Waals surface area contributed by atoms with Gasteiger partial charge in [-0.3, -0.25) is 19.2 Å². The highest BCUT2D eigenvalue weighted by Gasteiger charge is 2.21. The molecule has 1 aromatic carbocycles. The van der Waals surface area contributed by atoms with Crippen molar-refractivity contribution in [3.05, 3.63) is 41.5 Å². The van der Waals surface area contributed by atoms with Crippen molar-refractivity contribution < 1.29 is 18.7 Å². The van der Waals surface area contributed by atoms with Gasteiger partial charge in [0.2, 0.25) is 5.91 Å². The Morgan fingerprint density at radius 1 is 1.29 bits per heavy atom. The molecule has 1 saturated heterocycles. The van der Waals surface area contributed by atoms with Gasteiger partial charge in [0.25, 0.3) is 5.91 Å². The maximum atomic E-state index is 14.3. The van der Waals surface area contributed by atoms with Gasteiger partial charge >= 0.3 is 0 Å². The minimum absolute atomic E-state index is 0.00168. The van der Waals surface area contributed by atoms with Gasteiger partial charge in [0.05, 0.1) is 37.1 Å². The van der Waals surface area contributed by atoms with Crippen molar-refractivity contribution in [1.29, 1.82) is 0 Å². The maximum absolute atomic E-state index is 14.3. The van der Waals surface area contributed by atoms with Crippen LogP contribution >= 0.6 is 0 Å². The molecule has 1 aromatic heterocycles. The van der Waals surface area contributed by atoms with E-state index in [0.717, 1.165) is 19.4 Å². The number of hydrogen-bond acceptors (Lipinski definition) is 5. The highest BCUT2D eigenvalue weighted by Crippen LogP contribution is 2.22. The van der Waals surface area contributed by atoms with E-state index in [1.54, 1.807) is 18.7 Å². The molecule has 2 aromatic rings. The second kappa shape index (κ2) is 10.5. The lowest BCUT2D eigenvalue weighted by Gasteiger charge is -2.32. The maximum Gasteiger partial charge on any atom is 0.259 e. The van der Waals surface area contributed by atoms with Crippen LogP contribution in [-0.2, 0) is 16.1 Å². The number of rotatable bonds is 8. The topological polar surface area (TPSA) is 88.5 Å². The minimum atomic E-state index is -0.583. The van der Waals surface area contributed by atoms with E-state index in [2.05, 4.69) is 27.6 Å². The molecule has 0 bridgehead atoms. The van der Waals surface area contributed by atoms with E-state index >= 15 is 0 Å². The van der Waals surface area contributed by atoms with Crippen LogP contribution in [0.1, 0.15) is 42.2 Å². The Morgan fingerprint density at radius 2 is 2.10 bits per heavy atom. The number of likely N-dealkylation sites (tertiary alicyclic amines) is 1. The summed E-state index contributed by atoms with van der Waals surface area (Å²) in [7, 11) is 1.59. The molecule has 0 radical (unpaired) electrons. The molecular formula is C22H30FN5O3. The van der Waals surface area contributed by atoms with Gasteiger partial charge in [-0.1, -0.05) is 6.42 Å². The zero-order chi connectivity index (χ0) is 22.4. The summed E-state index contributed by atoms with van der Waals surface area (Å²) in [5.41, 5.74) is 1.44. The monoisotopic (exact) mass is 431 g/mol. The van der Waals surface area contributed by atoms with Gasteiger partial charge in [0.15, 0.2) is 0 Å². The molecule has 2 amide bonds. The van der Waals surface area contributed by atoms with Crippen molar-refractivity contribution in [2.24, 2.45) is 0 Å². The van der Waals surface area contributed by atoms with E-state index < -0.39 is 11.7 Å². The number of carbonyl (C=O) groups excluding carboxylic acids is 2. The Morgan fingerprint density at radius 3 is 2.84 bits per heavy atom. The molecule has 168 valence electrons. The Labute approximate surface area is 181 Å². The standard InChI is InChI=1S/C22H30FN5O3/c1-15-6-4-5-9-27(15)14-21(29)25-17-7-8-19(23)20(12-17)26-22(30)18-13-24-28(16(18)2)10-11-31-3/h7-8,12-13,15H,4-6,9-11,14H2,1-3H3,(H,25,29)(H,26,30). The summed E-state index contributed by atoms with van der Waals surface area (Å²) in [6, 6.07) is 4.51. The van der Waals surface area contributed by atoms with E-state index in [4.69, 9.17) is 4.74 Å². The zero-order valence-electron chi connectivity index (χ0n) is 18.3. The molecule has 2 heterocycles. The number of amides is 2. The van der Waals surface area contributed by atoms with Gasteiger partial charge in [0, 0.05) is 24.5 Å². The summed E-state index contributed by atoms with van der Waals surface area (Å²) in [4.78, 5) is 27.2. The molecule has 1 aliphatic heterocycles. The Balaban J connectivity index is 1.65. The lowest BCUT2D eigenvalue weighted by Crippen LogP contribution is -2.42. The molecule has 1 atom stereocenters. The largest absolute Gasteiger partial charge is 0.383 e. The number of ether oxygens (including phenoxy) is 1. The fourth-order valence-electron chi connectivity index (χ4n) is 3.74. The molecule has 2 N–H and O–H groups in total. The summed E-state index contributed by atoms with van der Waals surface area (Å²) in [6.45, 7) is 6.07. The number of nitrogens with zero attached hydrogens (tertiary/aromatic N) is 3. The highest BCUT2D eigenvalue weighted by atomic mass is 19.1. The predicted molar refractivity (Wildman–Crippen MR) is 117 cm³/mol. The van der Waals surface area contributed by atoms with Gasteiger partial charge in [-0.2, -0.15) is 5.10 Å². The molecule has 1 fully saturated rings. The van der Waals surface area contributed by atoms with Gasteiger partial charge in [0.1, 0.15) is 5.82 Å². The van der Waals surface area contributed by atoms with E-state index in [9.17, 15) is 14.0 Å². The highest BCUT2D eigenvalue weighted by molar-refractivity contribution is 6.05. The zero-order valence-corrected chi connectivity index (χ0v) is 18.3. The fourth-order valence-corrected chi connectivity index (χ4v) is 3.74. The number of piperidine rings is 1. The van der Waals surface area contributed by atoms with Crippen molar-refractivity contribution in [1.82, 2.24) is 14.7 Å². The van der Waals surface area contributed by atoms with E-state index in [0.29, 0.717) is 42.7 Å². The van der Waals surface area contributed by atoms with E-state index in [-0.39, 0.29) is 11.6 Å². The van der Waals surface area contributed by atoms with Gasteiger partial charge in [-0.05, 0) is 51.4 Å². The fraction of sp³-hybridized carbons (Fsp3) is 0.500. The van der Waals surface area contributed by atoms with Crippen molar-refractivity contribution in [3.8, 4) is 0 Å². The molecule has 0 saturated carbocycles. The molecule has 0 spiro atoms. The smallest absolute Gasteiger partial charge is 0.259 e. The first-order chi connectivity index (χ1) is 14.9. The summed E-state index contributed by atoms with van der Waals surface area (Å²) in [5, 5.41) is 9.56. The molecule has 3 rings (SSSR count). The molecule has 1 unspecified atom stereocenters. The molecule has 0 aliphatic carbocycles. The Kier molecular flexibility index (Phi) is 7.75. The van der Waals surface area contributed by atoms with Gasteiger partial charge in [-0.25, -0.2) is 4.39 Å². The van der Waals surface area contributed by atoms with Crippen molar-refractivity contribution in [2.75, 3.05) is 37.4 Å². The van der Waals surface area contributed by atoms with Crippen LogP contribution in [0.15, 0.2) is 24.4 Å². The summed E-state index contributed by atoms with van der Waals surface area (Å²) >= 11 is 0. The SMILES string of the molecule is COCCn1ncc(C(=O)Nc2cc(NC(=O)CN3CCCCC3C)ccc2F)c1C. The van der Waals surface area contributed by atoms with Crippen LogP contribution in [0, 0.1) is 12.7 Å². The van der Waals surface area contributed by atoms with Crippen LogP contribution < -0.4 is 10.6 Å². The molecule has 8 nitrogen and oxygen atoms in total. The third-order valence-electron chi connectivity index (χ3n) is 5.64. The molecular weight excluding hydrogens is 401 g/mol. The van der Waals surface area contributed by atoms with Crippen LogP contribution in [0.4, 0.5) is 15.8 Å². The number of anilines is 2. The first kappa shape index (κ1) is 22.9. The lowest BCUT2D eigenvalue weighted by molar-refractivity contribution is -0.118. The van der Waals surface area contributed by atoms with E-state index in [1.807, 2.05) is 0 Å². The third kappa shape index (κ3) is 5.89. The Hall–Kier alpha value is -2.78. The van der Waals surface area contributed by atoms with Crippen LogP contribution in [0.3, 0.4) is 0 Å². The first-order valence-corrected chi connectivity index (χ1v) is 10.5. The molecule has 1 aliphatic rings. The van der Waals surface area contributed by atoms with Crippen molar-refractivity contribution >= 4 is 23.2 Å². The summed E-state index contributed by atoms with van der Waals surface area (Å²) in [5.74, 6) is -1.21. The third-order valence-corrected chi connectivity index (χ3v) is 5.64. The van der Waals surface area contributed by atoms with Crippen LogP contribution in [0.25, 0.3) is 0 Å². The van der Waals surface area contributed by atoms with Crippen LogP contribution in [-0.4, -0.2) is 59.3 Å². The van der Waals surface area contributed by atoms with Crippen LogP contribution in [0.2, 0.25) is 0 Å². The average molecular weight is 432 g/mol. The number of nitrogens with one attached hydrogen (secondary N) is 2. The summed E-state index contributed by atoms with van der Waals surface area (Å²) in [6.07, 6.45) is 4.81. The summed E-state index contributed by atoms with van der Waals surface area (Å²) < 4.78 is 21.0. The quantitative estimate of drug-likeness (QED) is 0.671. The number of methoxy groups -OCH3 is 1. The van der Waals surface area contributed by atoms with Crippen molar-refractivity contribution in [2.45, 2.75) is 45.7 Å². The number of benzene rings is 1. The molecule has 31 heavy (non-hydrogen) atoms. The van der Waals surface area contributed by atoms with Crippen LogP contribution in [0.5, 0.6) is 0 Å². The number of aromatic nitrogens is 2. The predicted octanol–water partition coefficient (Wildman–Crippen LogP) is 3.04. The van der Waals surface area contributed by atoms with Gasteiger partial charge in [-0.15, -0.1) is 0 Å². The second-order valence-electron chi connectivity index (χ2n) is 7.87. The Bertz CT molecular complexity index is 930. The normalized spacial score (nSPS) is 16.8. The molecule has 9 heteroatoms. The van der Waals surface area contributed by atoms with Gasteiger partial charge < -0.3 is 15.4 Å².